The standard InChI is InChI=1S/C28H34FN5O4S/c1-19(2)33-13-11-32(12-14-33)15-16-39(37,38)31(3)26-22-5-4-10-30-25(22)27(35)24-23(26)18-34(28(24)36)17-20-6-8-21(29)9-7-20/h4-10,18-19,35-36H,11-17H2,1-3H3. The molecule has 2 N–H and O–H groups in total. The summed E-state index contributed by atoms with van der Waals surface area (Å²) < 4.78 is 43.4. The van der Waals surface area contributed by atoms with Crippen LogP contribution in [0.1, 0.15) is 19.4 Å². The molecule has 0 aliphatic carbocycles. The number of benzene rings is 2. The predicted octanol–water partition coefficient (Wildman–Crippen LogP) is 3.58. The molecule has 4 aromatic rings. The van der Waals surface area contributed by atoms with Gasteiger partial charge >= 0.3 is 0 Å². The van der Waals surface area contributed by atoms with Gasteiger partial charge in [-0.2, -0.15) is 0 Å². The van der Waals surface area contributed by atoms with Crippen LogP contribution in [0.15, 0.2) is 48.8 Å². The van der Waals surface area contributed by atoms with Crippen molar-refractivity contribution in [3.8, 4) is 11.6 Å². The molecule has 0 radical (unpaired) electrons. The van der Waals surface area contributed by atoms with Crippen LogP contribution in [0.3, 0.4) is 0 Å². The number of rotatable bonds is 8. The maximum Gasteiger partial charge on any atom is 0.236 e. The summed E-state index contributed by atoms with van der Waals surface area (Å²) in [6.07, 6.45) is 3.13. The van der Waals surface area contributed by atoms with Crippen LogP contribution in [0.2, 0.25) is 0 Å². The first-order valence-electron chi connectivity index (χ1n) is 13.1. The van der Waals surface area contributed by atoms with Gasteiger partial charge in [-0.05, 0) is 43.7 Å². The zero-order valence-corrected chi connectivity index (χ0v) is 23.2. The second-order valence-corrected chi connectivity index (χ2v) is 12.5. The molecule has 0 saturated carbocycles. The van der Waals surface area contributed by atoms with Crippen LogP contribution in [0.5, 0.6) is 11.6 Å². The molecule has 3 heterocycles. The van der Waals surface area contributed by atoms with Crippen molar-refractivity contribution >= 4 is 37.4 Å². The van der Waals surface area contributed by atoms with E-state index >= 15 is 0 Å². The van der Waals surface area contributed by atoms with Gasteiger partial charge in [-0.1, -0.05) is 12.1 Å². The monoisotopic (exact) mass is 555 g/mol. The number of aromatic hydroxyl groups is 2. The minimum atomic E-state index is -3.77. The van der Waals surface area contributed by atoms with Gasteiger partial charge < -0.3 is 14.8 Å². The van der Waals surface area contributed by atoms with Crippen molar-refractivity contribution in [2.75, 3.05) is 49.8 Å². The Morgan fingerprint density at radius 1 is 1.05 bits per heavy atom. The second-order valence-electron chi connectivity index (χ2n) is 10.3. The van der Waals surface area contributed by atoms with E-state index in [1.165, 1.54) is 34.2 Å². The Hall–Kier alpha value is -3.41. The summed E-state index contributed by atoms with van der Waals surface area (Å²) >= 11 is 0. The molecule has 1 saturated heterocycles. The molecule has 208 valence electrons. The van der Waals surface area contributed by atoms with E-state index in [4.69, 9.17) is 0 Å². The third kappa shape index (κ3) is 5.26. The van der Waals surface area contributed by atoms with Gasteiger partial charge in [0.05, 0.1) is 23.4 Å². The molecule has 5 rings (SSSR count). The van der Waals surface area contributed by atoms with Gasteiger partial charge in [0.1, 0.15) is 11.3 Å². The smallest absolute Gasteiger partial charge is 0.236 e. The van der Waals surface area contributed by atoms with Crippen LogP contribution in [0.4, 0.5) is 10.1 Å². The average Bonchev–Trinajstić information content (AvgIpc) is 3.24. The Kier molecular flexibility index (Phi) is 7.41. The highest BCUT2D eigenvalue weighted by Crippen LogP contribution is 2.46. The van der Waals surface area contributed by atoms with Gasteiger partial charge in [0.25, 0.3) is 0 Å². The number of hydrogen-bond donors (Lipinski definition) is 2. The fourth-order valence-electron chi connectivity index (χ4n) is 5.28. The Labute approximate surface area is 227 Å². The van der Waals surface area contributed by atoms with Gasteiger partial charge in [0.15, 0.2) is 5.75 Å². The molecule has 0 amide bonds. The Morgan fingerprint density at radius 3 is 2.41 bits per heavy atom. The molecule has 0 bridgehead atoms. The van der Waals surface area contributed by atoms with Gasteiger partial charge in [-0.15, -0.1) is 0 Å². The number of pyridine rings is 1. The van der Waals surface area contributed by atoms with Crippen molar-refractivity contribution in [3.05, 3.63) is 60.2 Å². The lowest BCUT2D eigenvalue weighted by molar-refractivity contribution is 0.113. The lowest BCUT2D eigenvalue weighted by Gasteiger charge is -2.37. The number of nitrogens with zero attached hydrogens (tertiary/aromatic N) is 5. The lowest BCUT2D eigenvalue weighted by atomic mass is 10.1. The number of sulfonamides is 1. The fraction of sp³-hybridized carbons (Fsp3) is 0.393. The summed E-state index contributed by atoms with van der Waals surface area (Å²) in [7, 11) is -2.27. The molecule has 2 aromatic heterocycles. The highest BCUT2D eigenvalue weighted by Gasteiger charge is 2.29. The summed E-state index contributed by atoms with van der Waals surface area (Å²) in [5, 5.41) is 23.1. The molecule has 11 heteroatoms. The first-order valence-corrected chi connectivity index (χ1v) is 14.7. The lowest BCUT2D eigenvalue weighted by Crippen LogP contribution is -2.50. The summed E-state index contributed by atoms with van der Waals surface area (Å²) in [6, 6.07) is 9.74. The molecule has 0 atom stereocenters. The topological polar surface area (TPSA) is 102 Å². The van der Waals surface area contributed by atoms with E-state index < -0.39 is 10.0 Å². The number of fused-ring (bicyclic) bond motifs is 2. The highest BCUT2D eigenvalue weighted by molar-refractivity contribution is 7.92. The van der Waals surface area contributed by atoms with Crippen LogP contribution in [-0.4, -0.2) is 89.5 Å². The fourth-order valence-corrected chi connectivity index (χ4v) is 6.51. The maximum atomic E-state index is 13.6. The van der Waals surface area contributed by atoms with Crippen LogP contribution in [-0.2, 0) is 16.6 Å². The van der Waals surface area contributed by atoms with Gasteiger partial charge in [-0.25, -0.2) is 12.8 Å². The molecular formula is C28H34FN5O4S. The largest absolute Gasteiger partial charge is 0.505 e. The van der Waals surface area contributed by atoms with Crippen LogP contribution >= 0.6 is 0 Å². The Morgan fingerprint density at radius 2 is 1.74 bits per heavy atom. The summed E-state index contributed by atoms with van der Waals surface area (Å²) in [5.41, 5.74) is 1.26. The van der Waals surface area contributed by atoms with Crippen molar-refractivity contribution in [2.24, 2.45) is 0 Å². The number of aromatic nitrogens is 2. The van der Waals surface area contributed by atoms with Gasteiger partial charge in [0, 0.05) is 69.0 Å². The number of anilines is 1. The molecule has 1 aliphatic heterocycles. The van der Waals surface area contributed by atoms with Crippen molar-refractivity contribution in [2.45, 2.75) is 26.4 Å². The van der Waals surface area contributed by atoms with Crippen molar-refractivity contribution < 1.29 is 23.0 Å². The quantitative estimate of drug-likeness (QED) is 0.343. The zero-order valence-electron chi connectivity index (χ0n) is 22.4. The number of halogens is 1. The minimum Gasteiger partial charge on any atom is -0.505 e. The summed E-state index contributed by atoms with van der Waals surface area (Å²) in [5.74, 6) is -0.896. The van der Waals surface area contributed by atoms with E-state index in [0.717, 1.165) is 31.7 Å². The van der Waals surface area contributed by atoms with E-state index in [1.54, 1.807) is 30.5 Å². The maximum absolute atomic E-state index is 13.6. The third-order valence-electron chi connectivity index (χ3n) is 7.63. The molecule has 1 fully saturated rings. The number of phenolic OH excluding ortho intramolecular Hbond substituents is 1. The zero-order chi connectivity index (χ0) is 27.9. The van der Waals surface area contributed by atoms with Gasteiger partial charge in [0.2, 0.25) is 15.9 Å². The van der Waals surface area contributed by atoms with Crippen molar-refractivity contribution in [1.82, 2.24) is 19.4 Å². The minimum absolute atomic E-state index is 0.0719. The first kappa shape index (κ1) is 27.2. The Bertz CT molecular complexity index is 1600. The molecule has 0 unspecified atom stereocenters. The van der Waals surface area contributed by atoms with Crippen molar-refractivity contribution in [1.29, 1.82) is 0 Å². The van der Waals surface area contributed by atoms with E-state index in [2.05, 4.69) is 28.6 Å². The van der Waals surface area contributed by atoms with Crippen molar-refractivity contribution in [3.63, 3.8) is 0 Å². The van der Waals surface area contributed by atoms with Gasteiger partial charge in [-0.3, -0.25) is 19.1 Å². The predicted molar refractivity (Wildman–Crippen MR) is 151 cm³/mol. The van der Waals surface area contributed by atoms with Crippen LogP contribution in [0.25, 0.3) is 21.7 Å². The summed E-state index contributed by atoms with van der Waals surface area (Å²) in [6.45, 7) is 8.37. The van der Waals surface area contributed by atoms with Crippen LogP contribution in [0, 0.1) is 5.82 Å². The Balaban J connectivity index is 1.51. The molecule has 1 aliphatic rings. The molecule has 39 heavy (non-hydrogen) atoms. The molecule has 9 nitrogen and oxygen atoms in total. The molecule has 2 aromatic carbocycles. The highest BCUT2D eigenvalue weighted by atomic mass is 32.2. The van der Waals surface area contributed by atoms with E-state index in [1.807, 2.05) is 0 Å². The first-order chi connectivity index (χ1) is 18.6. The normalized spacial score (nSPS) is 15.5. The molecular weight excluding hydrogens is 521 g/mol. The van der Waals surface area contributed by atoms with E-state index in [-0.39, 0.29) is 40.6 Å². The van der Waals surface area contributed by atoms with Crippen LogP contribution < -0.4 is 4.31 Å². The van der Waals surface area contributed by atoms with E-state index in [0.29, 0.717) is 29.0 Å². The third-order valence-corrected chi connectivity index (χ3v) is 9.35. The number of hydrogen-bond acceptors (Lipinski definition) is 7. The SMILES string of the molecule is CC(C)N1CCN(CCS(=O)(=O)N(C)c2c3cccnc3c(O)c3c(O)n(Cc4ccc(F)cc4)cc23)CC1. The average molecular weight is 556 g/mol. The number of piperazine rings is 1. The second kappa shape index (κ2) is 10.6. The molecule has 0 spiro atoms. The number of phenols is 1. The van der Waals surface area contributed by atoms with E-state index in [9.17, 15) is 23.0 Å². The summed E-state index contributed by atoms with van der Waals surface area (Å²) in [4.78, 5) is 8.84.